The van der Waals surface area contributed by atoms with Crippen LogP contribution in [-0.4, -0.2) is 47.8 Å². The second-order valence-electron chi connectivity index (χ2n) is 4.59. The lowest BCUT2D eigenvalue weighted by Crippen LogP contribution is -2.31. The number of aromatic nitrogens is 2. The lowest BCUT2D eigenvalue weighted by Gasteiger charge is -2.16. The van der Waals surface area contributed by atoms with Crippen molar-refractivity contribution in [2.45, 2.75) is 12.8 Å². The van der Waals surface area contributed by atoms with Crippen molar-refractivity contribution in [3.63, 3.8) is 0 Å². The first-order chi connectivity index (χ1) is 8.66. The smallest absolute Gasteiger partial charge is 0.274 e. The predicted molar refractivity (Wildman–Crippen MR) is 66.9 cm³/mol. The normalized spacial score (nSPS) is 14.5. The Hall–Kier alpha value is -1.69. The Balaban J connectivity index is 1.74. The van der Waals surface area contributed by atoms with Gasteiger partial charge >= 0.3 is 0 Å². The standard InChI is InChI=1S/C12H18N4O2/c1-16(6-7-18-8-9-2-3-9)12(17)10-4-5-11(13)15-14-10/h4-5,9H,2-3,6-8H2,1H3,(H2,13,15). The SMILES string of the molecule is CN(CCOCC1CC1)C(=O)c1ccc(N)nn1. The van der Waals surface area contributed by atoms with Crippen LogP contribution in [0.5, 0.6) is 0 Å². The first kappa shape index (κ1) is 12.8. The number of nitrogens with two attached hydrogens (primary N) is 1. The summed E-state index contributed by atoms with van der Waals surface area (Å²) in [7, 11) is 1.72. The third kappa shape index (κ3) is 3.66. The molecule has 2 rings (SSSR count). The van der Waals surface area contributed by atoms with E-state index < -0.39 is 0 Å². The second kappa shape index (κ2) is 5.77. The number of carbonyl (C=O) groups is 1. The summed E-state index contributed by atoms with van der Waals surface area (Å²) in [6, 6.07) is 3.14. The van der Waals surface area contributed by atoms with Gasteiger partial charge in [-0.2, -0.15) is 0 Å². The molecule has 1 aromatic heterocycles. The van der Waals surface area contributed by atoms with Crippen molar-refractivity contribution >= 4 is 11.7 Å². The lowest BCUT2D eigenvalue weighted by atomic mass is 10.3. The van der Waals surface area contributed by atoms with Crippen LogP contribution in [-0.2, 0) is 4.74 Å². The molecule has 2 N–H and O–H groups in total. The number of likely N-dealkylation sites (N-methyl/N-ethyl adjacent to an activating group) is 1. The Bertz CT molecular complexity index is 403. The molecule has 1 saturated carbocycles. The highest BCUT2D eigenvalue weighted by Crippen LogP contribution is 2.28. The Morgan fingerprint density at radius 2 is 2.28 bits per heavy atom. The van der Waals surface area contributed by atoms with Crippen LogP contribution in [0, 0.1) is 5.92 Å². The van der Waals surface area contributed by atoms with E-state index in [0.717, 1.165) is 12.5 Å². The molecular weight excluding hydrogens is 232 g/mol. The molecule has 1 aromatic rings. The summed E-state index contributed by atoms with van der Waals surface area (Å²) in [5.41, 5.74) is 5.72. The van der Waals surface area contributed by atoms with Crippen molar-refractivity contribution < 1.29 is 9.53 Å². The molecule has 1 aliphatic carbocycles. The molecule has 6 nitrogen and oxygen atoms in total. The van der Waals surface area contributed by atoms with Crippen LogP contribution < -0.4 is 5.73 Å². The summed E-state index contributed by atoms with van der Waals surface area (Å²) in [4.78, 5) is 13.5. The molecule has 0 radical (unpaired) electrons. The summed E-state index contributed by atoms with van der Waals surface area (Å²) in [6.07, 6.45) is 2.55. The summed E-state index contributed by atoms with van der Waals surface area (Å²) >= 11 is 0. The van der Waals surface area contributed by atoms with E-state index in [1.807, 2.05) is 0 Å². The maximum Gasteiger partial charge on any atom is 0.274 e. The monoisotopic (exact) mass is 250 g/mol. The Morgan fingerprint density at radius 1 is 1.50 bits per heavy atom. The fraction of sp³-hybridized carbons (Fsp3) is 0.583. The van der Waals surface area contributed by atoms with Gasteiger partial charge < -0.3 is 15.4 Å². The van der Waals surface area contributed by atoms with Crippen molar-refractivity contribution in [2.75, 3.05) is 32.5 Å². The predicted octanol–water partition coefficient (Wildman–Crippen LogP) is 0.557. The zero-order valence-corrected chi connectivity index (χ0v) is 10.5. The molecule has 98 valence electrons. The maximum absolute atomic E-state index is 11.9. The average molecular weight is 250 g/mol. The Morgan fingerprint density at radius 3 is 2.89 bits per heavy atom. The van der Waals surface area contributed by atoms with E-state index >= 15 is 0 Å². The van der Waals surface area contributed by atoms with Gasteiger partial charge in [0, 0.05) is 20.2 Å². The number of carbonyl (C=O) groups excluding carboxylic acids is 1. The second-order valence-corrected chi connectivity index (χ2v) is 4.59. The summed E-state index contributed by atoms with van der Waals surface area (Å²) in [5, 5.41) is 7.42. The van der Waals surface area contributed by atoms with Crippen LogP contribution in [0.4, 0.5) is 5.82 Å². The number of amides is 1. The molecule has 0 atom stereocenters. The van der Waals surface area contributed by atoms with Gasteiger partial charge in [-0.3, -0.25) is 4.79 Å². The van der Waals surface area contributed by atoms with Gasteiger partial charge in [0.2, 0.25) is 0 Å². The first-order valence-electron chi connectivity index (χ1n) is 6.09. The average Bonchev–Trinajstić information content (AvgIpc) is 3.18. The fourth-order valence-electron chi connectivity index (χ4n) is 1.49. The zero-order valence-electron chi connectivity index (χ0n) is 10.5. The largest absolute Gasteiger partial charge is 0.382 e. The van der Waals surface area contributed by atoms with E-state index in [9.17, 15) is 4.79 Å². The quantitative estimate of drug-likeness (QED) is 0.746. The summed E-state index contributed by atoms with van der Waals surface area (Å²) in [5.74, 6) is 0.883. The molecule has 0 bridgehead atoms. The molecule has 0 aliphatic heterocycles. The van der Waals surface area contributed by atoms with E-state index in [-0.39, 0.29) is 5.91 Å². The molecule has 0 aromatic carbocycles. The highest BCUT2D eigenvalue weighted by molar-refractivity contribution is 5.92. The molecule has 1 fully saturated rings. The maximum atomic E-state index is 11.9. The van der Waals surface area contributed by atoms with Gasteiger partial charge in [0.25, 0.3) is 5.91 Å². The Kier molecular flexibility index (Phi) is 4.09. The lowest BCUT2D eigenvalue weighted by molar-refractivity contribution is 0.0675. The van der Waals surface area contributed by atoms with Crippen LogP contribution in [0.2, 0.25) is 0 Å². The number of rotatable bonds is 6. The van der Waals surface area contributed by atoms with Gasteiger partial charge in [-0.05, 0) is 30.9 Å². The number of nitrogen functional groups attached to an aromatic ring is 1. The molecule has 1 heterocycles. The molecule has 0 saturated heterocycles. The van der Waals surface area contributed by atoms with Gasteiger partial charge in [-0.1, -0.05) is 0 Å². The van der Waals surface area contributed by atoms with E-state index in [1.54, 1.807) is 24.1 Å². The van der Waals surface area contributed by atoms with E-state index in [2.05, 4.69) is 10.2 Å². The number of hydrogen-bond acceptors (Lipinski definition) is 5. The minimum Gasteiger partial charge on any atom is -0.382 e. The molecule has 18 heavy (non-hydrogen) atoms. The van der Waals surface area contributed by atoms with Crippen molar-refractivity contribution in [3.05, 3.63) is 17.8 Å². The number of anilines is 1. The van der Waals surface area contributed by atoms with E-state index in [1.165, 1.54) is 12.8 Å². The van der Waals surface area contributed by atoms with Gasteiger partial charge in [-0.25, -0.2) is 0 Å². The number of nitrogens with zero attached hydrogens (tertiary/aromatic N) is 3. The molecular formula is C12H18N4O2. The number of ether oxygens (including phenoxy) is 1. The molecule has 6 heteroatoms. The van der Waals surface area contributed by atoms with Crippen LogP contribution in [0.1, 0.15) is 23.3 Å². The molecule has 0 spiro atoms. The van der Waals surface area contributed by atoms with Crippen molar-refractivity contribution in [3.8, 4) is 0 Å². The van der Waals surface area contributed by atoms with Crippen LogP contribution in [0.3, 0.4) is 0 Å². The Labute approximate surface area is 106 Å². The minimum absolute atomic E-state index is 0.169. The third-order valence-corrected chi connectivity index (χ3v) is 2.87. The van der Waals surface area contributed by atoms with E-state index in [4.69, 9.17) is 10.5 Å². The first-order valence-corrected chi connectivity index (χ1v) is 6.09. The van der Waals surface area contributed by atoms with Gasteiger partial charge in [0.1, 0.15) is 5.82 Å². The van der Waals surface area contributed by atoms with Crippen LogP contribution in [0.15, 0.2) is 12.1 Å². The topological polar surface area (TPSA) is 81.3 Å². The van der Waals surface area contributed by atoms with Crippen LogP contribution in [0.25, 0.3) is 0 Å². The fourth-order valence-corrected chi connectivity index (χ4v) is 1.49. The van der Waals surface area contributed by atoms with Crippen LogP contribution >= 0.6 is 0 Å². The summed E-state index contributed by atoms with van der Waals surface area (Å²) in [6.45, 7) is 1.92. The van der Waals surface area contributed by atoms with Gasteiger partial charge in [-0.15, -0.1) is 10.2 Å². The van der Waals surface area contributed by atoms with Gasteiger partial charge in [0.05, 0.1) is 6.61 Å². The minimum atomic E-state index is -0.169. The summed E-state index contributed by atoms with van der Waals surface area (Å²) < 4.78 is 5.48. The van der Waals surface area contributed by atoms with Crippen molar-refractivity contribution in [2.24, 2.45) is 5.92 Å². The number of hydrogen-bond donors (Lipinski definition) is 1. The highest BCUT2D eigenvalue weighted by atomic mass is 16.5. The van der Waals surface area contributed by atoms with E-state index in [0.29, 0.717) is 24.7 Å². The zero-order chi connectivity index (χ0) is 13.0. The highest BCUT2D eigenvalue weighted by Gasteiger charge is 2.21. The molecule has 1 aliphatic rings. The molecule has 0 unspecified atom stereocenters. The van der Waals surface area contributed by atoms with Crippen molar-refractivity contribution in [1.82, 2.24) is 15.1 Å². The van der Waals surface area contributed by atoms with Crippen molar-refractivity contribution in [1.29, 1.82) is 0 Å². The third-order valence-electron chi connectivity index (χ3n) is 2.87. The molecule has 1 amide bonds. The van der Waals surface area contributed by atoms with Gasteiger partial charge in [0.15, 0.2) is 5.69 Å².